The highest BCUT2D eigenvalue weighted by atomic mass is 16.5. The van der Waals surface area contributed by atoms with Gasteiger partial charge in [-0.05, 0) is 91.4 Å². The van der Waals surface area contributed by atoms with Gasteiger partial charge in [-0.1, -0.05) is 59.0 Å². The third-order valence-corrected chi connectivity index (χ3v) is 11.5. The van der Waals surface area contributed by atoms with Crippen molar-refractivity contribution in [3.05, 3.63) is 10.4 Å². The molecule has 4 rings (SSSR count). The molecule has 0 unspecified atom stereocenters. The number of nitrogens with zero attached hydrogens (tertiary/aromatic N) is 3. The van der Waals surface area contributed by atoms with E-state index in [0.29, 0.717) is 29.6 Å². The van der Waals surface area contributed by atoms with Gasteiger partial charge in [0.1, 0.15) is 6.10 Å². The van der Waals surface area contributed by atoms with E-state index in [2.05, 4.69) is 44.6 Å². The molecule has 4 saturated carbocycles. The molecule has 0 heterocycles. The van der Waals surface area contributed by atoms with Gasteiger partial charge in [-0.15, -0.1) is 0 Å². The molecule has 6 nitrogen and oxygen atoms in total. The second-order valence-corrected chi connectivity index (χ2v) is 13.7. The molecule has 0 spiro atoms. The topological polar surface area (TPSA) is 95.3 Å². The zero-order chi connectivity index (χ0) is 25.6. The maximum Gasteiger partial charge on any atom is 0.302 e. The lowest BCUT2D eigenvalue weighted by Gasteiger charge is -2.65. The van der Waals surface area contributed by atoms with Crippen LogP contribution in [0.25, 0.3) is 10.4 Å². The molecule has 4 aliphatic rings. The number of hydrogen-bond acceptors (Lipinski definition) is 4. The van der Waals surface area contributed by atoms with Crippen LogP contribution in [0.2, 0.25) is 0 Å². The zero-order valence-electron chi connectivity index (χ0n) is 23.0. The van der Waals surface area contributed by atoms with Crippen molar-refractivity contribution in [1.29, 1.82) is 0 Å². The highest BCUT2D eigenvalue weighted by molar-refractivity contribution is 5.66. The fourth-order valence-corrected chi connectivity index (χ4v) is 9.81. The third-order valence-electron chi connectivity index (χ3n) is 11.5. The molecule has 0 amide bonds. The minimum absolute atomic E-state index is 0.296. The molecule has 0 aromatic carbocycles. The van der Waals surface area contributed by atoms with Crippen molar-refractivity contribution in [3.8, 4) is 0 Å². The number of hydrogen-bond donors (Lipinski definition) is 1. The number of carbonyl (C=O) groups excluding carboxylic acids is 1. The Balaban J connectivity index is 1.58. The number of fused-ring (bicyclic) bond motifs is 5. The second kappa shape index (κ2) is 9.89. The average Bonchev–Trinajstić information content (AvgIpc) is 3.12. The van der Waals surface area contributed by atoms with E-state index >= 15 is 0 Å². The Morgan fingerprint density at radius 1 is 1.11 bits per heavy atom. The van der Waals surface area contributed by atoms with Gasteiger partial charge >= 0.3 is 5.97 Å². The molecule has 0 saturated heterocycles. The van der Waals surface area contributed by atoms with Crippen molar-refractivity contribution in [2.75, 3.05) is 0 Å². The molecule has 0 bridgehead atoms. The highest BCUT2D eigenvalue weighted by Gasteiger charge is 2.67. The van der Waals surface area contributed by atoms with E-state index in [-0.39, 0.29) is 17.5 Å². The van der Waals surface area contributed by atoms with Crippen molar-refractivity contribution < 1.29 is 14.6 Å². The fourth-order valence-electron chi connectivity index (χ4n) is 9.81. The molecule has 35 heavy (non-hydrogen) atoms. The summed E-state index contributed by atoms with van der Waals surface area (Å²) in [6.45, 7) is 13.4. The summed E-state index contributed by atoms with van der Waals surface area (Å²) < 4.78 is 5.55. The van der Waals surface area contributed by atoms with Crippen molar-refractivity contribution in [2.45, 2.75) is 130 Å². The van der Waals surface area contributed by atoms with E-state index in [4.69, 9.17) is 4.74 Å². The SMILES string of the molecule is CC(=O)O[C@H]1CC[C@]2(C)[C@H]3CC[C@]4(C)[C@@H]([C@H](C)CCCC(C)C)CC[C@H]4[C@@H]3C[C@@H](N=[N+]=[N-])[C@@]2(O)C1. The standard InChI is InChI=1S/C29H49N3O3/c1-18(2)8-7-9-19(3)23-10-11-24-22-16-26(31-32-30)29(34)17-21(35-20(4)33)12-15-28(29,6)25(22)13-14-27(23,24)5/h18-19,21-26,34H,7-17H2,1-6H3/t19-,21+,22+,23-,24+,25+,26-,27-,28-,29+/m1/s1. The summed E-state index contributed by atoms with van der Waals surface area (Å²) in [6, 6.07) is -0.457. The molecule has 198 valence electrons. The predicted octanol–water partition coefficient (Wildman–Crippen LogP) is 7.44. The molecule has 0 aromatic heterocycles. The first-order valence-corrected chi connectivity index (χ1v) is 14.4. The van der Waals surface area contributed by atoms with Gasteiger partial charge in [-0.2, -0.15) is 0 Å². The maximum absolute atomic E-state index is 12.2. The van der Waals surface area contributed by atoms with Crippen LogP contribution in [0.4, 0.5) is 0 Å². The first-order chi connectivity index (χ1) is 16.5. The van der Waals surface area contributed by atoms with Crippen LogP contribution in [0.15, 0.2) is 5.11 Å². The normalized spacial score (nSPS) is 45.6. The number of aliphatic hydroxyl groups is 1. The average molecular weight is 488 g/mol. The number of carbonyl (C=O) groups is 1. The first-order valence-electron chi connectivity index (χ1n) is 14.4. The van der Waals surface area contributed by atoms with Crippen molar-refractivity contribution >= 4 is 5.97 Å². The van der Waals surface area contributed by atoms with E-state index < -0.39 is 11.6 Å². The van der Waals surface area contributed by atoms with Gasteiger partial charge in [0.15, 0.2) is 0 Å². The van der Waals surface area contributed by atoms with E-state index in [1.54, 1.807) is 0 Å². The first kappa shape index (κ1) is 26.8. The van der Waals surface area contributed by atoms with Crippen LogP contribution in [-0.4, -0.2) is 28.8 Å². The molecule has 0 aromatic rings. The fraction of sp³-hybridized carbons (Fsp3) is 0.966. The lowest BCUT2D eigenvalue weighted by molar-refractivity contribution is -0.232. The lowest BCUT2D eigenvalue weighted by atomic mass is 9.42. The van der Waals surface area contributed by atoms with Gasteiger partial charge in [-0.25, -0.2) is 0 Å². The van der Waals surface area contributed by atoms with Crippen LogP contribution in [0.5, 0.6) is 0 Å². The van der Waals surface area contributed by atoms with Crippen LogP contribution in [0.3, 0.4) is 0 Å². The Kier molecular flexibility index (Phi) is 7.57. The summed E-state index contributed by atoms with van der Waals surface area (Å²) in [5.41, 5.74) is 8.37. The third kappa shape index (κ3) is 4.52. The zero-order valence-corrected chi connectivity index (χ0v) is 23.0. The molecular formula is C29H49N3O3. The highest BCUT2D eigenvalue weighted by Crippen LogP contribution is 2.69. The Morgan fingerprint density at radius 3 is 2.51 bits per heavy atom. The van der Waals surface area contributed by atoms with Crippen LogP contribution < -0.4 is 0 Å². The van der Waals surface area contributed by atoms with Crippen LogP contribution in [0.1, 0.15) is 112 Å². The summed E-state index contributed by atoms with van der Waals surface area (Å²) in [6.07, 6.45) is 11.4. The summed E-state index contributed by atoms with van der Waals surface area (Å²) in [4.78, 5) is 14.9. The van der Waals surface area contributed by atoms with Crippen LogP contribution in [-0.2, 0) is 9.53 Å². The van der Waals surface area contributed by atoms with Crippen molar-refractivity contribution in [2.24, 2.45) is 51.5 Å². The van der Waals surface area contributed by atoms with E-state index in [9.17, 15) is 15.4 Å². The molecule has 4 aliphatic carbocycles. The Morgan fingerprint density at radius 2 is 1.86 bits per heavy atom. The molecule has 6 heteroatoms. The van der Waals surface area contributed by atoms with Gasteiger partial charge in [0, 0.05) is 23.7 Å². The smallest absolute Gasteiger partial charge is 0.302 e. The molecule has 0 radical (unpaired) electrons. The minimum Gasteiger partial charge on any atom is -0.462 e. The molecule has 10 atom stereocenters. The summed E-state index contributed by atoms with van der Waals surface area (Å²) >= 11 is 0. The molecule has 4 fully saturated rings. The van der Waals surface area contributed by atoms with Crippen molar-refractivity contribution in [1.82, 2.24) is 0 Å². The largest absolute Gasteiger partial charge is 0.462 e. The van der Waals surface area contributed by atoms with Gasteiger partial charge in [0.2, 0.25) is 0 Å². The van der Waals surface area contributed by atoms with Crippen LogP contribution >= 0.6 is 0 Å². The van der Waals surface area contributed by atoms with E-state index in [0.717, 1.165) is 43.4 Å². The molecule has 1 N–H and O–H groups in total. The Labute approximate surface area is 212 Å². The lowest BCUT2D eigenvalue weighted by Crippen LogP contribution is -2.68. The van der Waals surface area contributed by atoms with Crippen LogP contribution in [0, 0.1) is 46.3 Å². The van der Waals surface area contributed by atoms with Gasteiger partial charge in [0.25, 0.3) is 0 Å². The van der Waals surface area contributed by atoms with E-state index in [1.807, 2.05) is 0 Å². The predicted molar refractivity (Wildman–Crippen MR) is 138 cm³/mol. The van der Waals surface area contributed by atoms with Gasteiger partial charge in [-0.3, -0.25) is 4.79 Å². The maximum atomic E-state index is 12.2. The van der Waals surface area contributed by atoms with Gasteiger partial charge < -0.3 is 9.84 Å². The monoisotopic (exact) mass is 487 g/mol. The number of rotatable bonds is 7. The quantitative estimate of drug-likeness (QED) is 0.175. The number of esters is 1. The Bertz CT molecular complexity index is 841. The number of azide groups is 1. The van der Waals surface area contributed by atoms with Gasteiger partial charge in [0.05, 0.1) is 11.6 Å². The Hall–Kier alpha value is -1.26. The summed E-state index contributed by atoms with van der Waals surface area (Å²) in [7, 11) is 0. The van der Waals surface area contributed by atoms with E-state index in [1.165, 1.54) is 45.4 Å². The second-order valence-electron chi connectivity index (χ2n) is 13.7. The molecular weight excluding hydrogens is 438 g/mol. The number of ether oxygens (including phenoxy) is 1. The molecule has 0 aliphatic heterocycles. The summed E-state index contributed by atoms with van der Waals surface area (Å²) in [5, 5.41) is 16.4. The van der Waals surface area contributed by atoms with Crippen molar-refractivity contribution in [3.63, 3.8) is 0 Å². The summed E-state index contributed by atoms with van der Waals surface area (Å²) in [5.74, 6) is 3.57. The minimum atomic E-state index is -1.12.